The first-order chi connectivity index (χ1) is 9.36. The highest BCUT2D eigenvalue weighted by Crippen LogP contribution is 2.19. The van der Waals surface area contributed by atoms with Gasteiger partial charge in [-0.1, -0.05) is 6.07 Å². The molecule has 3 heteroatoms. The van der Waals surface area contributed by atoms with E-state index in [9.17, 15) is 0 Å². The van der Waals surface area contributed by atoms with E-state index in [-0.39, 0.29) is 0 Å². The minimum Gasteiger partial charge on any atom is -0.347 e. The molecule has 0 saturated heterocycles. The summed E-state index contributed by atoms with van der Waals surface area (Å²) in [5.41, 5.74) is 3.07. The Hall–Kier alpha value is -2.42. The van der Waals surface area contributed by atoms with Crippen molar-refractivity contribution in [1.29, 1.82) is 0 Å². The van der Waals surface area contributed by atoms with Gasteiger partial charge in [-0.05, 0) is 43.3 Å². The van der Waals surface area contributed by atoms with Crippen LogP contribution in [0.1, 0.15) is 12.6 Å². The molecule has 0 saturated carbocycles. The lowest BCUT2D eigenvalue weighted by molar-refractivity contribution is 0.764. The number of benzene rings is 1. The Labute approximate surface area is 112 Å². The van der Waals surface area contributed by atoms with Crippen LogP contribution >= 0.6 is 0 Å². The van der Waals surface area contributed by atoms with Gasteiger partial charge < -0.3 is 4.57 Å². The number of nitrogens with zero attached hydrogens (tertiary/aromatic N) is 3. The number of hydrogen-bond donors (Lipinski definition) is 0. The molecule has 2 aromatic heterocycles. The first-order valence-electron chi connectivity index (χ1n) is 6.41. The van der Waals surface area contributed by atoms with Crippen LogP contribution in [0.25, 0.3) is 10.9 Å². The lowest BCUT2D eigenvalue weighted by Crippen LogP contribution is -1.97. The van der Waals surface area contributed by atoms with E-state index in [2.05, 4.69) is 45.9 Å². The molecule has 94 valence electrons. The molecule has 1 aromatic carbocycles. The molecule has 19 heavy (non-hydrogen) atoms. The van der Waals surface area contributed by atoms with Crippen LogP contribution < -0.4 is 0 Å². The van der Waals surface area contributed by atoms with Crippen LogP contribution in [0.4, 0.5) is 5.69 Å². The summed E-state index contributed by atoms with van der Waals surface area (Å²) in [6, 6.07) is 14.1. The molecule has 0 aliphatic carbocycles. The number of hydrogen-bond acceptors (Lipinski definition) is 2. The van der Waals surface area contributed by atoms with Crippen molar-refractivity contribution in [3.8, 4) is 0 Å². The average molecular weight is 249 g/mol. The summed E-state index contributed by atoms with van der Waals surface area (Å²) in [7, 11) is 0. The van der Waals surface area contributed by atoms with Crippen molar-refractivity contribution in [2.45, 2.75) is 13.5 Å². The number of aryl methyl sites for hydroxylation is 1. The van der Waals surface area contributed by atoms with Crippen LogP contribution in [0.15, 0.2) is 59.9 Å². The average Bonchev–Trinajstić information content (AvgIpc) is 2.92. The van der Waals surface area contributed by atoms with E-state index in [1.165, 1.54) is 0 Å². The van der Waals surface area contributed by atoms with Crippen LogP contribution in [0.5, 0.6) is 0 Å². The van der Waals surface area contributed by atoms with Crippen molar-refractivity contribution in [3.05, 3.63) is 60.6 Å². The van der Waals surface area contributed by atoms with Crippen LogP contribution in [-0.2, 0) is 6.54 Å². The molecule has 2 heterocycles. The first kappa shape index (κ1) is 11.7. The van der Waals surface area contributed by atoms with E-state index >= 15 is 0 Å². The van der Waals surface area contributed by atoms with Crippen molar-refractivity contribution in [2.75, 3.05) is 0 Å². The summed E-state index contributed by atoms with van der Waals surface area (Å²) < 4.78 is 2.16. The van der Waals surface area contributed by atoms with E-state index < -0.39 is 0 Å². The maximum atomic E-state index is 4.53. The van der Waals surface area contributed by atoms with Gasteiger partial charge in [0.05, 0.1) is 23.1 Å². The Bertz CT molecular complexity index is 725. The predicted octanol–water partition coefficient (Wildman–Crippen LogP) is 3.81. The summed E-state index contributed by atoms with van der Waals surface area (Å²) in [6.07, 6.45) is 5.77. The highest BCUT2D eigenvalue weighted by Gasteiger charge is 1.97. The van der Waals surface area contributed by atoms with Crippen molar-refractivity contribution >= 4 is 22.8 Å². The Kier molecular flexibility index (Phi) is 3.11. The Morgan fingerprint density at radius 2 is 2.16 bits per heavy atom. The Morgan fingerprint density at radius 3 is 3.05 bits per heavy atom. The quantitative estimate of drug-likeness (QED) is 0.649. The van der Waals surface area contributed by atoms with Crippen LogP contribution in [-0.4, -0.2) is 15.8 Å². The number of fused-ring (bicyclic) bond motifs is 1. The van der Waals surface area contributed by atoms with Crippen LogP contribution in [0, 0.1) is 0 Å². The van der Waals surface area contributed by atoms with Crippen LogP contribution in [0.3, 0.4) is 0 Å². The number of aliphatic imine (C=N–C) groups is 1. The summed E-state index contributed by atoms with van der Waals surface area (Å²) >= 11 is 0. The smallest absolute Gasteiger partial charge is 0.0703 e. The molecule has 3 aromatic rings. The fraction of sp³-hybridized carbons (Fsp3) is 0.125. The van der Waals surface area contributed by atoms with E-state index in [0.717, 1.165) is 28.8 Å². The Morgan fingerprint density at radius 1 is 1.21 bits per heavy atom. The molecule has 3 rings (SSSR count). The third kappa shape index (κ3) is 2.40. The van der Waals surface area contributed by atoms with E-state index in [1.807, 2.05) is 30.5 Å². The zero-order valence-corrected chi connectivity index (χ0v) is 10.8. The molecule has 3 nitrogen and oxygen atoms in total. The largest absolute Gasteiger partial charge is 0.347 e. The van der Waals surface area contributed by atoms with Gasteiger partial charge in [0.15, 0.2) is 0 Å². The molecule has 0 bridgehead atoms. The van der Waals surface area contributed by atoms with E-state index in [4.69, 9.17) is 0 Å². The second-order valence-corrected chi connectivity index (χ2v) is 4.36. The molecule has 0 fully saturated rings. The highest BCUT2D eigenvalue weighted by molar-refractivity contribution is 5.84. The Balaban J connectivity index is 1.93. The van der Waals surface area contributed by atoms with Gasteiger partial charge in [-0.25, -0.2) is 0 Å². The number of rotatable bonds is 3. The molecule has 0 spiro atoms. The number of aromatic nitrogens is 2. The normalized spacial score (nSPS) is 11.4. The predicted molar refractivity (Wildman–Crippen MR) is 79.1 cm³/mol. The van der Waals surface area contributed by atoms with E-state index in [0.29, 0.717) is 0 Å². The van der Waals surface area contributed by atoms with Crippen molar-refractivity contribution in [3.63, 3.8) is 0 Å². The van der Waals surface area contributed by atoms with Gasteiger partial charge in [-0.15, -0.1) is 0 Å². The first-order valence-corrected chi connectivity index (χ1v) is 6.41. The summed E-state index contributed by atoms with van der Waals surface area (Å²) in [5.74, 6) is 0. The van der Waals surface area contributed by atoms with Gasteiger partial charge >= 0.3 is 0 Å². The third-order valence-corrected chi connectivity index (χ3v) is 3.14. The maximum Gasteiger partial charge on any atom is 0.0703 e. The second kappa shape index (κ2) is 5.06. The van der Waals surface area contributed by atoms with Crippen molar-refractivity contribution in [1.82, 2.24) is 9.55 Å². The zero-order valence-electron chi connectivity index (χ0n) is 10.8. The fourth-order valence-electron chi connectivity index (χ4n) is 2.12. The van der Waals surface area contributed by atoms with Gasteiger partial charge in [0.1, 0.15) is 0 Å². The molecule has 0 unspecified atom stereocenters. The molecular formula is C16H15N3. The summed E-state index contributed by atoms with van der Waals surface area (Å²) in [5, 5.41) is 1.11. The van der Waals surface area contributed by atoms with Gasteiger partial charge in [-0.2, -0.15) is 0 Å². The molecule has 0 aliphatic rings. The monoisotopic (exact) mass is 249 g/mol. The van der Waals surface area contributed by atoms with E-state index in [1.54, 1.807) is 6.20 Å². The maximum absolute atomic E-state index is 4.53. The van der Waals surface area contributed by atoms with Gasteiger partial charge in [0.25, 0.3) is 0 Å². The van der Waals surface area contributed by atoms with Gasteiger partial charge in [0.2, 0.25) is 0 Å². The second-order valence-electron chi connectivity index (χ2n) is 4.36. The molecule has 0 N–H and O–H groups in total. The fourth-order valence-corrected chi connectivity index (χ4v) is 2.12. The van der Waals surface area contributed by atoms with Crippen LogP contribution in [0.2, 0.25) is 0 Å². The highest BCUT2D eigenvalue weighted by atomic mass is 15.0. The zero-order chi connectivity index (χ0) is 13.1. The third-order valence-electron chi connectivity index (χ3n) is 3.14. The van der Waals surface area contributed by atoms with Crippen molar-refractivity contribution in [2.24, 2.45) is 4.99 Å². The minimum atomic E-state index is 0.948. The molecule has 0 aliphatic heterocycles. The minimum absolute atomic E-state index is 0.948. The number of pyridine rings is 1. The topological polar surface area (TPSA) is 30.2 Å². The molecule has 0 amide bonds. The lowest BCUT2D eigenvalue weighted by atomic mass is 10.2. The lowest BCUT2D eigenvalue weighted by Gasteiger charge is -2.01. The standard InChI is InChI=1S/C16H15N3/c1-2-19-10-4-6-15(19)12-18-14-7-8-16-13(11-14)5-3-9-17-16/h3-12H,2H2,1H3. The molecule has 0 atom stereocenters. The van der Waals surface area contributed by atoms with Crippen molar-refractivity contribution < 1.29 is 0 Å². The molecule has 0 radical (unpaired) electrons. The SMILES string of the molecule is CCn1cccc1C=Nc1ccc2ncccc2c1. The van der Waals surface area contributed by atoms with Gasteiger partial charge in [0, 0.05) is 24.3 Å². The van der Waals surface area contributed by atoms with Gasteiger partial charge in [-0.3, -0.25) is 9.98 Å². The molecular weight excluding hydrogens is 234 g/mol. The summed E-state index contributed by atoms with van der Waals surface area (Å²) in [4.78, 5) is 8.84. The summed E-state index contributed by atoms with van der Waals surface area (Å²) in [6.45, 7) is 3.08.